The number of carbonyl (C=O) groups excluding carboxylic acids is 1. The van der Waals surface area contributed by atoms with Crippen molar-refractivity contribution in [2.45, 2.75) is 64.4 Å². The summed E-state index contributed by atoms with van der Waals surface area (Å²) in [5, 5.41) is 0. The summed E-state index contributed by atoms with van der Waals surface area (Å²) >= 11 is 1.89. The molecule has 0 N–H and O–H groups in total. The third-order valence-corrected chi connectivity index (χ3v) is 5.08. The van der Waals surface area contributed by atoms with E-state index in [0.717, 1.165) is 30.8 Å². The highest BCUT2D eigenvalue weighted by atomic mass is 32.2. The van der Waals surface area contributed by atoms with Crippen molar-refractivity contribution >= 4 is 17.7 Å². The molecule has 3 nitrogen and oxygen atoms in total. The van der Waals surface area contributed by atoms with Gasteiger partial charge in [-0.25, -0.2) is 17.6 Å². The lowest BCUT2D eigenvalue weighted by atomic mass is 9.99. The van der Waals surface area contributed by atoms with Crippen molar-refractivity contribution in [2.24, 2.45) is 11.8 Å². The number of halogens is 4. The number of hydrogen-bond acceptors (Lipinski definition) is 4. The second-order valence-corrected chi connectivity index (χ2v) is 8.23. The predicted molar refractivity (Wildman–Crippen MR) is 90.4 cm³/mol. The van der Waals surface area contributed by atoms with Gasteiger partial charge in [0.05, 0.1) is 18.9 Å². The Morgan fingerprint density at radius 3 is 2.32 bits per heavy atom. The fraction of sp³-hybridized carbons (Fsp3) is 0.941. The van der Waals surface area contributed by atoms with Crippen LogP contribution >= 0.6 is 11.8 Å². The molecule has 1 atom stereocenters. The standard InChI is InChI=1S/C17H28F4O3S/c1-12(2)15(22)24-14(17(20,21)11-16(3,18)19)10-23-7-4-13-5-8-25-9-6-13/h12-14H,4-11H2,1-3H3. The summed E-state index contributed by atoms with van der Waals surface area (Å²) in [6.45, 7) is 3.08. The molecule has 1 fully saturated rings. The number of alkyl halides is 4. The molecule has 0 aromatic carbocycles. The second-order valence-electron chi connectivity index (χ2n) is 7.01. The van der Waals surface area contributed by atoms with E-state index in [1.54, 1.807) is 0 Å². The lowest BCUT2D eigenvalue weighted by Crippen LogP contribution is -2.44. The molecule has 0 spiro atoms. The van der Waals surface area contributed by atoms with Gasteiger partial charge in [-0.2, -0.15) is 11.8 Å². The zero-order chi connectivity index (χ0) is 19.1. The van der Waals surface area contributed by atoms with Crippen LogP contribution in [-0.4, -0.2) is 48.6 Å². The van der Waals surface area contributed by atoms with E-state index in [4.69, 9.17) is 9.47 Å². The maximum Gasteiger partial charge on any atom is 0.308 e. The van der Waals surface area contributed by atoms with Gasteiger partial charge in [0.25, 0.3) is 11.8 Å². The minimum atomic E-state index is -3.86. The van der Waals surface area contributed by atoms with Gasteiger partial charge in [0.2, 0.25) is 0 Å². The van der Waals surface area contributed by atoms with Gasteiger partial charge in [-0.1, -0.05) is 13.8 Å². The maximum atomic E-state index is 14.1. The molecule has 0 aromatic rings. The minimum Gasteiger partial charge on any atom is -0.453 e. The van der Waals surface area contributed by atoms with Crippen LogP contribution in [-0.2, 0) is 14.3 Å². The Labute approximate surface area is 151 Å². The smallest absolute Gasteiger partial charge is 0.308 e. The molecule has 0 aromatic heterocycles. The average Bonchev–Trinajstić information content (AvgIpc) is 2.48. The van der Waals surface area contributed by atoms with Crippen molar-refractivity contribution in [2.75, 3.05) is 24.7 Å². The highest BCUT2D eigenvalue weighted by molar-refractivity contribution is 7.99. The third kappa shape index (κ3) is 9.13. The van der Waals surface area contributed by atoms with Crippen molar-refractivity contribution < 1.29 is 31.8 Å². The summed E-state index contributed by atoms with van der Waals surface area (Å²) in [4.78, 5) is 11.6. The van der Waals surface area contributed by atoms with Crippen LogP contribution in [0.2, 0.25) is 0 Å². The van der Waals surface area contributed by atoms with E-state index in [1.165, 1.54) is 13.8 Å². The Balaban J connectivity index is 2.56. The Morgan fingerprint density at radius 2 is 1.80 bits per heavy atom. The molecular formula is C17H28F4O3S. The molecule has 0 amide bonds. The topological polar surface area (TPSA) is 35.5 Å². The van der Waals surface area contributed by atoms with E-state index < -0.39 is 42.9 Å². The van der Waals surface area contributed by atoms with Crippen LogP contribution in [0.25, 0.3) is 0 Å². The highest BCUT2D eigenvalue weighted by Crippen LogP contribution is 2.34. The van der Waals surface area contributed by atoms with Crippen LogP contribution in [0, 0.1) is 11.8 Å². The highest BCUT2D eigenvalue weighted by Gasteiger charge is 2.48. The molecule has 148 valence electrons. The zero-order valence-corrected chi connectivity index (χ0v) is 15.9. The monoisotopic (exact) mass is 388 g/mol. The first kappa shape index (κ1) is 22.5. The SMILES string of the molecule is CC(C)C(=O)OC(COCCC1CCSCC1)C(F)(F)CC(C)(F)F. The van der Waals surface area contributed by atoms with Crippen LogP contribution in [0.15, 0.2) is 0 Å². The van der Waals surface area contributed by atoms with Gasteiger partial charge >= 0.3 is 5.97 Å². The Morgan fingerprint density at radius 1 is 1.20 bits per heavy atom. The van der Waals surface area contributed by atoms with Crippen LogP contribution in [0.5, 0.6) is 0 Å². The van der Waals surface area contributed by atoms with Crippen LogP contribution in [0.4, 0.5) is 17.6 Å². The Bertz CT molecular complexity index is 407. The van der Waals surface area contributed by atoms with Gasteiger partial charge in [-0.15, -0.1) is 0 Å². The fourth-order valence-corrected chi connectivity index (χ4v) is 3.73. The van der Waals surface area contributed by atoms with E-state index >= 15 is 0 Å². The second kappa shape index (κ2) is 10.00. The molecule has 0 radical (unpaired) electrons. The number of hydrogen-bond donors (Lipinski definition) is 0. The first-order valence-electron chi connectivity index (χ1n) is 8.63. The largest absolute Gasteiger partial charge is 0.453 e. The summed E-state index contributed by atoms with van der Waals surface area (Å²) in [7, 11) is 0. The summed E-state index contributed by atoms with van der Waals surface area (Å²) in [5.41, 5.74) is 0. The molecule has 0 saturated carbocycles. The molecule has 1 saturated heterocycles. The molecule has 25 heavy (non-hydrogen) atoms. The molecule has 1 unspecified atom stereocenters. The van der Waals surface area contributed by atoms with E-state index in [-0.39, 0.29) is 6.61 Å². The minimum absolute atomic E-state index is 0.254. The van der Waals surface area contributed by atoms with Crippen molar-refractivity contribution in [1.82, 2.24) is 0 Å². The molecule has 1 aliphatic heterocycles. The first-order chi connectivity index (χ1) is 11.5. The van der Waals surface area contributed by atoms with Crippen LogP contribution in [0.1, 0.15) is 46.5 Å². The van der Waals surface area contributed by atoms with Gasteiger partial charge in [-0.05, 0) is 43.6 Å². The van der Waals surface area contributed by atoms with Gasteiger partial charge in [0, 0.05) is 6.61 Å². The number of thioether (sulfide) groups is 1. The fourth-order valence-electron chi connectivity index (χ4n) is 2.52. The Hall–Kier alpha value is -0.500. The molecule has 1 rings (SSSR count). The summed E-state index contributed by atoms with van der Waals surface area (Å²) in [5.74, 6) is -6.22. The number of carbonyl (C=O) groups is 1. The lowest BCUT2D eigenvalue weighted by Gasteiger charge is -2.29. The van der Waals surface area contributed by atoms with E-state index in [1.807, 2.05) is 11.8 Å². The molecular weight excluding hydrogens is 360 g/mol. The van der Waals surface area contributed by atoms with Gasteiger partial charge in [0.15, 0.2) is 6.10 Å². The Kier molecular flexibility index (Phi) is 9.01. The van der Waals surface area contributed by atoms with Gasteiger partial charge < -0.3 is 9.47 Å². The average molecular weight is 388 g/mol. The molecule has 1 aliphatic rings. The normalized spacial score (nSPS) is 18.4. The van der Waals surface area contributed by atoms with Crippen LogP contribution < -0.4 is 0 Å². The maximum absolute atomic E-state index is 14.1. The lowest BCUT2D eigenvalue weighted by molar-refractivity contribution is -0.203. The van der Waals surface area contributed by atoms with Gasteiger partial charge in [-0.3, -0.25) is 4.79 Å². The van der Waals surface area contributed by atoms with Crippen LogP contribution in [0.3, 0.4) is 0 Å². The number of ether oxygens (including phenoxy) is 2. The third-order valence-electron chi connectivity index (χ3n) is 4.03. The van der Waals surface area contributed by atoms with Crippen molar-refractivity contribution in [3.63, 3.8) is 0 Å². The molecule has 1 heterocycles. The zero-order valence-electron chi connectivity index (χ0n) is 15.0. The predicted octanol–water partition coefficient (Wildman–Crippen LogP) is 4.78. The summed E-state index contributed by atoms with van der Waals surface area (Å²) < 4.78 is 64.4. The number of esters is 1. The van der Waals surface area contributed by atoms with Crippen molar-refractivity contribution in [3.05, 3.63) is 0 Å². The van der Waals surface area contributed by atoms with E-state index in [0.29, 0.717) is 12.8 Å². The number of rotatable bonds is 10. The molecule has 0 bridgehead atoms. The quantitative estimate of drug-likeness (QED) is 0.306. The van der Waals surface area contributed by atoms with Crippen molar-refractivity contribution in [1.29, 1.82) is 0 Å². The van der Waals surface area contributed by atoms with E-state index in [9.17, 15) is 22.4 Å². The van der Waals surface area contributed by atoms with E-state index in [2.05, 4.69) is 0 Å². The summed E-state index contributed by atoms with van der Waals surface area (Å²) in [6, 6.07) is 0. The first-order valence-corrected chi connectivity index (χ1v) is 9.78. The molecule has 0 aliphatic carbocycles. The van der Waals surface area contributed by atoms with Gasteiger partial charge in [0.1, 0.15) is 0 Å². The van der Waals surface area contributed by atoms with Crippen molar-refractivity contribution in [3.8, 4) is 0 Å². The molecule has 8 heteroatoms. The summed E-state index contributed by atoms with van der Waals surface area (Å²) in [6.07, 6.45) is -0.814.